The third-order valence-corrected chi connectivity index (χ3v) is 3.59. The Hall–Kier alpha value is -3.39. The summed E-state index contributed by atoms with van der Waals surface area (Å²) in [6.07, 6.45) is 3.30. The quantitative estimate of drug-likeness (QED) is 0.352. The van der Waals surface area contributed by atoms with Crippen LogP contribution in [0, 0.1) is 11.3 Å². The summed E-state index contributed by atoms with van der Waals surface area (Å²) in [5.41, 5.74) is 1.68. The Labute approximate surface area is 152 Å². The predicted molar refractivity (Wildman–Crippen MR) is 100 cm³/mol. The molecule has 1 N–H and O–H groups in total. The van der Waals surface area contributed by atoms with Crippen molar-refractivity contribution < 1.29 is 14.3 Å². The third-order valence-electron chi connectivity index (χ3n) is 3.59. The molecule has 2 aromatic carbocycles. The molecule has 0 bridgehead atoms. The molecular weight excluding hydrogens is 328 g/mol. The zero-order valence-corrected chi connectivity index (χ0v) is 14.6. The molecule has 2 rings (SSSR count). The van der Waals surface area contributed by atoms with Crippen molar-refractivity contribution in [3.63, 3.8) is 0 Å². The first-order valence-corrected chi connectivity index (χ1v) is 8.39. The van der Waals surface area contributed by atoms with Crippen LogP contribution in [0.25, 0.3) is 6.08 Å². The Balaban J connectivity index is 2.01. The summed E-state index contributed by atoms with van der Waals surface area (Å²) in [4.78, 5) is 24.1. The number of nitriles is 1. The highest BCUT2D eigenvalue weighted by Gasteiger charge is 2.11. The maximum atomic E-state index is 12.2. The lowest BCUT2D eigenvalue weighted by Gasteiger charge is -2.07. The van der Waals surface area contributed by atoms with Gasteiger partial charge in [-0.1, -0.05) is 43.7 Å². The van der Waals surface area contributed by atoms with Crippen molar-refractivity contribution in [3.05, 3.63) is 71.3 Å². The number of ether oxygens (including phenoxy) is 1. The molecule has 5 nitrogen and oxygen atoms in total. The minimum Gasteiger partial charge on any atom is -0.462 e. The van der Waals surface area contributed by atoms with Crippen LogP contribution in [0.5, 0.6) is 0 Å². The number of carbonyl (C=O) groups is 2. The van der Waals surface area contributed by atoms with Gasteiger partial charge >= 0.3 is 5.97 Å². The average molecular weight is 348 g/mol. The van der Waals surface area contributed by atoms with Gasteiger partial charge in [0.2, 0.25) is 0 Å². The second-order valence-corrected chi connectivity index (χ2v) is 5.60. The summed E-state index contributed by atoms with van der Waals surface area (Å²) in [6.45, 7) is 2.41. The fourth-order valence-corrected chi connectivity index (χ4v) is 2.15. The maximum Gasteiger partial charge on any atom is 0.338 e. The van der Waals surface area contributed by atoms with E-state index in [1.165, 1.54) is 6.08 Å². The number of benzene rings is 2. The van der Waals surface area contributed by atoms with Crippen LogP contribution in [0.4, 0.5) is 5.69 Å². The van der Waals surface area contributed by atoms with Crippen LogP contribution in [0.2, 0.25) is 0 Å². The van der Waals surface area contributed by atoms with Crippen LogP contribution in [0.3, 0.4) is 0 Å². The Morgan fingerprint density at radius 3 is 2.42 bits per heavy atom. The Bertz CT molecular complexity index is 819. The summed E-state index contributed by atoms with van der Waals surface area (Å²) >= 11 is 0. The van der Waals surface area contributed by atoms with Gasteiger partial charge < -0.3 is 10.1 Å². The highest BCUT2D eigenvalue weighted by molar-refractivity contribution is 6.09. The number of hydrogen-bond donors (Lipinski definition) is 1. The average Bonchev–Trinajstić information content (AvgIpc) is 2.67. The molecule has 0 fully saturated rings. The molecule has 132 valence electrons. The largest absolute Gasteiger partial charge is 0.462 e. The number of nitrogens with zero attached hydrogens (tertiary/aromatic N) is 1. The van der Waals surface area contributed by atoms with E-state index in [0.717, 1.165) is 18.4 Å². The van der Waals surface area contributed by atoms with Gasteiger partial charge in [0.25, 0.3) is 5.91 Å². The fraction of sp³-hybridized carbons (Fsp3) is 0.190. The van der Waals surface area contributed by atoms with Gasteiger partial charge in [0.05, 0.1) is 12.2 Å². The molecule has 0 aliphatic rings. The molecule has 0 aliphatic carbocycles. The predicted octanol–water partition coefficient (Wildman–Crippen LogP) is 4.19. The molecular formula is C21H20N2O3. The SMILES string of the molecule is CCCCOC(=O)c1ccc(NC(=O)C(C#N)=Cc2ccccc2)cc1. The molecule has 0 unspecified atom stereocenters. The smallest absolute Gasteiger partial charge is 0.338 e. The summed E-state index contributed by atoms with van der Waals surface area (Å²) in [5, 5.41) is 11.9. The Kier molecular flexibility index (Phi) is 7.14. The molecule has 2 aromatic rings. The maximum absolute atomic E-state index is 12.2. The summed E-state index contributed by atoms with van der Waals surface area (Å²) < 4.78 is 5.13. The van der Waals surface area contributed by atoms with Crippen LogP contribution in [-0.2, 0) is 9.53 Å². The van der Waals surface area contributed by atoms with Gasteiger partial charge in [-0.25, -0.2) is 4.79 Å². The van der Waals surface area contributed by atoms with E-state index >= 15 is 0 Å². The first-order valence-electron chi connectivity index (χ1n) is 8.39. The van der Waals surface area contributed by atoms with E-state index in [9.17, 15) is 14.9 Å². The number of unbranched alkanes of at least 4 members (excludes halogenated alkanes) is 1. The van der Waals surface area contributed by atoms with E-state index in [1.54, 1.807) is 24.3 Å². The van der Waals surface area contributed by atoms with E-state index in [0.29, 0.717) is 17.9 Å². The topological polar surface area (TPSA) is 79.2 Å². The van der Waals surface area contributed by atoms with Crippen molar-refractivity contribution in [2.24, 2.45) is 0 Å². The van der Waals surface area contributed by atoms with Crippen molar-refractivity contribution in [1.29, 1.82) is 5.26 Å². The van der Waals surface area contributed by atoms with Crippen LogP contribution < -0.4 is 5.32 Å². The molecule has 0 aliphatic heterocycles. The van der Waals surface area contributed by atoms with Crippen LogP contribution >= 0.6 is 0 Å². The minimum absolute atomic E-state index is 0.000693. The fourth-order valence-electron chi connectivity index (χ4n) is 2.15. The number of rotatable bonds is 7. The van der Waals surface area contributed by atoms with Crippen molar-refractivity contribution >= 4 is 23.6 Å². The zero-order valence-electron chi connectivity index (χ0n) is 14.6. The third kappa shape index (κ3) is 5.60. The number of anilines is 1. The zero-order chi connectivity index (χ0) is 18.8. The van der Waals surface area contributed by atoms with Gasteiger partial charge in [-0.05, 0) is 42.3 Å². The van der Waals surface area contributed by atoms with E-state index < -0.39 is 11.9 Å². The van der Waals surface area contributed by atoms with Gasteiger partial charge in [0.1, 0.15) is 11.6 Å². The second kappa shape index (κ2) is 9.80. The molecule has 0 saturated heterocycles. The highest BCUT2D eigenvalue weighted by Crippen LogP contribution is 2.13. The van der Waals surface area contributed by atoms with Crippen LogP contribution in [-0.4, -0.2) is 18.5 Å². The number of esters is 1. The van der Waals surface area contributed by atoms with Crippen molar-refractivity contribution in [2.75, 3.05) is 11.9 Å². The van der Waals surface area contributed by atoms with Gasteiger partial charge in [-0.2, -0.15) is 5.26 Å². The van der Waals surface area contributed by atoms with Crippen LogP contribution in [0.1, 0.15) is 35.7 Å². The number of hydrogen-bond acceptors (Lipinski definition) is 4. The lowest BCUT2D eigenvalue weighted by molar-refractivity contribution is -0.112. The monoisotopic (exact) mass is 348 g/mol. The molecule has 5 heteroatoms. The number of amides is 1. The van der Waals surface area contributed by atoms with E-state index in [-0.39, 0.29) is 5.57 Å². The normalized spacial score (nSPS) is 10.7. The minimum atomic E-state index is -0.505. The van der Waals surface area contributed by atoms with Crippen LogP contribution in [0.15, 0.2) is 60.2 Å². The Morgan fingerprint density at radius 2 is 1.81 bits per heavy atom. The molecule has 0 atom stereocenters. The summed E-state index contributed by atoms with van der Waals surface area (Å²) in [6, 6.07) is 17.4. The van der Waals surface area contributed by atoms with Gasteiger partial charge in [0.15, 0.2) is 0 Å². The van der Waals surface area contributed by atoms with Gasteiger partial charge in [0, 0.05) is 5.69 Å². The highest BCUT2D eigenvalue weighted by atomic mass is 16.5. The lowest BCUT2D eigenvalue weighted by atomic mass is 10.1. The first kappa shape index (κ1) is 18.9. The van der Waals surface area contributed by atoms with E-state index in [4.69, 9.17) is 4.74 Å². The van der Waals surface area contributed by atoms with Crippen molar-refractivity contribution in [2.45, 2.75) is 19.8 Å². The van der Waals surface area contributed by atoms with Crippen molar-refractivity contribution in [3.8, 4) is 6.07 Å². The van der Waals surface area contributed by atoms with E-state index in [1.807, 2.05) is 43.3 Å². The molecule has 1 amide bonds. The standard InChI is InChI=1S/C21H20N2O3/c1-2-3-13-26-21(25)17-9-11-19(12-10-17)23-20(24)18(15-22)14-16-7-5-4-6-8-16/h4-12,14H,2-3,13H2,1H3,(H,23,24). The number of carbonyl (C=O) groups excluding carboxylic acids is 2. The second-order valence-electron chi connectivity index (χ2n) is 5.60. The van der Waals surface area contributed by atoms with Gasteiger partial charge in [-0.3, -0.25) is 4.79 Å². The Morgan fingerprint density at radius 1 is 1.12 bits per heavy atom. The number of nitrogens with one attached hydrogen (secondary N) is 1. The van der Waals surface area contributed by atoms with E-state index in [2.05, 4.69) is 5.32 Å². The summed E-state index contributed by atoms with van der Waals surface area (Å²) in [5.74, 6) is -0.896. The molecule has 0 radical (unpaired) electrons. The molecule has 26 heavy (non-hydrogen) atoms. The molecule has 0 saturated carbocycles. The lowest BCUT2D eigenvalue weighted by Crippen LogP contribution is -2.13. The molecule has 0 heterocycles. The van der Waals surface area contributed by atoms with Crippen molar-refractivity contribution in [1.82, 2.24) is 0 Å². The van der Waals surface area contributed by atoms with Gasteiger partial charge in [-0.15, -0.1) is 0 Å². The molecule has 0 spiro atoms. The first-order chi connectivity index (χ1) is 12.6. The molecule has 0 aromatic heterocycles. The summed E-state index contributed by atoms with van der Waals surface area (Å²) in [7, 11) is 0.